The Morgan fingerprint density at radius 2 is 1.81 bits per heavy atom. The number of hydrogen-bond acceptors (Lipinski definition) is 4. The monoisotopic (exact) mass is 370 g/mol. The number of carbonyl (C=O) groups is 1. The first-order valence-corrected chi connectivity index (χ1v) is 9.42. The van der Waals surface area contributed by atoms with Gasteiger partial charge >= 0.3 is 5.97 Å². The molecule has 144 valence electrons. The minimum atomic E-state index is -0.912. The lowest BCUT2D eigenvalue weighted by atomic mass is 9.79. The van der Waals surface area contributed by atoms with Gasteiger partial charge in [0.1, 0.15) is 18.1 Å². The largest absolute Gasteiger partial charge is 0.480 e. The maximum atomic E-state index is 10.4. The predicted molar refractivity (Wildman–Crippen MR) is 102 cm³/mol. The number of carboxylic acid groups (broad SMARTS) is 1. The summed E-state index contributed by atoms with van der Waals surface area (Å²) in [4.78, 5) is 10.4. The van der Waals surface area contributed by atoms with Gasteiger partial charge in [0, 0.05) is 6.61 Å². The van der Waals surface area contributed by atoms with Gasteiger partial charge < -0.3 is 19.3 Å². The van der Waals surface area contributed by atoms with Crippen molar-refractivity contribution in [2.24, 2.45) is 5.92 Å². The Hall–Kier alpha value is -2.37. The van der Waals surface area contributed by atoms with E-state index in [-0.39, 0.29) is 6.61 Å². The Morgan fingerprint density at radius 3 is 2.59 bits per heavy atom. The number of hydrogen-bond donors (Lipinski definition) is 1. The van der Waals surface area contributed by atoms with Crippen molar-refractivity contribution >= 4 is 5.97 Å². The van der Waals surface area contributed by atoms with Gasteiger partial charge in [0.05, 0.1) is 12.7 Å². The molecule has 0 heterocycles. The van der Waals surface area contributed by atoms with Gasteiger partial charge in [0.15, 0.2) is 0 Å². The normalized spacial score (nSPS) is 18.7. The van der Waals surface area contributed by atoms with Crippen LogP contribution in [0.1, 0.15) is 31.2 Å². The van der Waals surface area contributed by atoms with E-state index in [1.165, 1.54) is 0 Å². The van der Waals surface area contributed by atoms with E-state index in [1.54, 1.807) is 0 Å². The highest BCUT2D eigenvalue weighted by Gasteiger charge is 2.29. The minimum Gasteiger partial charge on any atom is -0.480 e. The Kier molecular flexibility index (Phi) is 7.25. The molecule has 0 saturated heterocycles. The molecular weight excluding hydrogens is 344 g/mol. The smallest absolute Gasteiger partial charge is 0.329 e. The third-order valence-corrected chi connectivity index (χ3v) is 4.68. The van der Waals surface area contributed by atoms with Crippen LogP contribution in [0, 0.1) is 5.92 Å². The minimum absolute atomic E-state index is 0.205. The van der Waals surface area contributed by atoms with E-state index in [9.17, 15) is 4.79 Å². The molecule has 1 aliphatic rings. The zero-order chi connectivity index (χ0) is 18.9. The van der Waals surface area contributed by atoms with E-state index in [0.29, 0.717) is 25.2 Å². The molecule has 0 aromatic heterocycles. The van der Waals surface area contributed by atoms with E-state index < -0.39 is 5.97 Å². The summed E-state index contributed by atoms with van der Waals surface area (Å²) in [6.07, 6.45) is 4.43. The van der Waals surface area contributed by atoms with Crippen LogP contribution >= 0.6 is 0 Å². The summed E-state index contributed by atoms with van der Waals surface area (Å²) >= 11 is 0. The first kappa shape index (κ1) is 19.4. The van der Waals surface area contributed by atoms with Crippen LogP contribution in [0.25, 0.3) is 0 Å². The summed E-state index contributed by atoms with van der Waals surface area (Å²) in [5.74, 6) is 1.39. The quantitative estimate of drug-likeness (QED) is 0.583. The second kappa shape index (κ2) is 10.1. The van der Waals surface area contributed by atoms with Gasteiger partial charge in [-0.25, -0.2) is 4.79 Å². The van der Waals surface area contributed by atoms with Gasteiger partial charge in [-0.15, -0.1) is 0 Å². The molecule has 5 heteroatoms. The zero-order valence-electron chi connectivity index (χ0n) is 15.4. The summed E-state index contributed by atoms with van der Waals surface area (Å²) in [5.41, 5.74) is 1.11. The second-order valence-electron chi connectivity index (χ2n) is 6.92. The van der Waals surface area contributed by atoms with E-state index in [0.717, 1.165) is 42.7 Å². The number of para-hydroxylation sites is 1. The van der Waals surface area contributed by atoms with E-state index in [4.69, 9.17) is 19.3 Å². The molecule has 0 spiro atoms. The molecule has 0 aliphatic heterocycles. The van der Waals surface area contributed by atoms with Crippen LogP contribution in [0.3, 0.4) is 0 Å². The molecule has 0 amide bonds. The number of aliphatic carboxylic acids is 1. The van der Waals surface area contributed by atoms with Crippen LogP contribution in [0.4, 0.5) is 0 Å². The molecule has 0 bridgehead atoms. The first-order chi connectivity index (χ1) is 13.2. The first-order valence-electron chi connectivity index (χ1n) is 9.42. The third kappa shape index (κ3) is 6.70. The fourth-order valence-corrected chi connectivity index (χ4v) is 3.22. The number of ether oxygens (including phenoxy) is 3. The lowest BCUT2D eigenvalue weighted by Crippen LogP contribution is -2.31. The van der Waals surface area contributed by atoms with Gasteiger partial charge in [0.2, 0.25) is 0 Å². The molecule has 5 nitrogen and oxygen atoms in total. The standard InChI is InChI=1S/C22H26O5/c23-22(24)16-25-11-5-7-17-12-21(13-17)26-15-18-6-4-10-20(14-18)27-19-8-2-1-3-9-19/h1-4,6,8-10,14,17,21H,5,7,11-13,15-16H2,(H,23,24). The van der Waals surface area contributed by atoms with Gasteiger partial charge in [-0.1, -0.05) is 30.3 Å². The Bertz CT molecular complexity index is 710. The van der Waals surface area contributed by atoms with Gasteiger partial charge in [-0.3, -0.25) is 0 Å². The Morgan fingerprint density at radius 1 is 1.04 bits per heavy atom. The lowest BCUT2D eigenvalue weighted by molar-refractivity contribution is -0.142. The molecular formula is C22H26O5. The highest BCUT2D eigenvalue weighted by atomic mass is 16.5. The van der Waals surface area contributed by atoms with Crippen molar-refractivity contribution in [2.45, 2.75) is 38.4 Å². The molecule has 1 saturated carbocycles. The van der Waals surface area contributed by atoms with Crippen molar-refractivity contribution < 1.29 is 24.1 Å². The SMILES string of the molecule is O=C(O)COCCCC1CC(OCc2cccc(Oc3ccccc3)c2)C1. The fraction of sp³-hybridized carbons (Fsp3) is 0.409. The fourth-order valence-electron chi connectivity index (χ4n) is 3.22. The van der Waals surface area contributed by atoms with Crippen LogP contribution in [0.2, 0.25) is 0 Å². The molecule has 0 radical (unpaired) electrons. The third-order valence-electron chi connectivity index (χ3n) is 4.68. The second-order valence-corrected chi connectivity index (χ2v) is 6.92. The molecule has 27 heavy (non-hydrogen) atoms. The molecule has 3 rings (SSSR count). The van der Waals surface area contributed by atoms with Crippen molar-refractivity contribution in [3.63, 3.8) is 0 Å². The maximum Gasteiger partial charge on any atom is 0.329 e. The molecule has 0 unspecified atom stereocenters. The molecule has 1 aliphatic carbocycles. The summed E-state index contributed by atoms with van der Waals surface area (Å²) in [6, 6.07) is 17.7. The topological polar surface area (TPSA) is 65.0 Å². The molecule has 2 aromatic rings. The van der Waals surface area contributed by atoms with Crippen molar-refractivity contribution in [3.8, 4) is 11.5 Å². The van der Waals surface area contributed by atoms with Gasteiger partial charge in [-0.05, 0) is 61.4 Å². The number of benzene rings is 2. The zero-order valence-corrected chi connectivity index (χ0v) is 15.4. The van der Waals surface area contributed by atoms with Gasteiger partial charge in [0.25, 0.3) is 0 Å². The molecule has 1 N–H and O–H groups in total. The van der Waals surface area contributed by atoms with Crippen molar-refractivity contribution in [3.05, 3.63) is 60.2 Å². The van der Waals surface area contributed by atoms with Crippen LogP contribution in [-0.4, -0.2) is 30.4 Å². The van der Waals surface area contributed by atoms with E-state index >= 15 is 0 Å². The van der Waals surface area contributed by atoms with Crippen molar-refractivity contribution in [1.29, 1.82) is 0 Å². The van der Waals surface area contributed by atoms with Crippen LogP contribution in [0.5, 0.6) is 11.5 Å². The van der Waals surface area contributed by atoms with Crippen LogP contribution < -0.4 is 4.74 Å². The van der Waals surface area contributed by atoms with Crippen molar-refractivity contribution in [2.75, 3.05) is 13.2 Å². The average Bonchev–Trinajstić information content (AvgIpc) is 2.63. The molecule has 2 aromatic carbocycles. The van der Waals surface area contributed by atoms with Gasteiger partial charge in [-0.2, -0.15) is 0 Å². The lowest BCUT2D eigenvalue weighted by Gasteiger charge is -2.35. The average molecular weight is 370 g/mol. The van der Waals surface area contributed by atoms with E-state index in [1.807, 2.05) is 54.6 Å². The van der Waals surface area contributed by atoms with E-state index in [2.05, 4.69) is 0 Å². The van der Waals surface area contributed by atoms with Crippen LogP contribution in [0.15, 0.2) is 54.6 Å². The van der Waals surface area contributed by atoms with Crippen molar-refractivity contribution in [1.82, 2.24) is 0 Å². The summed E-state index contributed by atoms with van der Waals surface area (Å²) in [5, 5.41) is 8.51. The Balaban J connectivity index is 1.32. The molecule has 0 atom stereocenters. The summed E-state index contributed by atoms with van der Waals surface area (Å²) < 4.78 is 16.9. The highest BCUT2D eigenvalue weighted by molar-refractivity contribution is 5.67. The van der Waals surface area contributed by atoms with Crippen LogP contribution in [-0.2, 0) is 20.9 Å². The number of carboxylic acids is 1. The maximum absolute atomic E-state index is 10.4. The number of rotatable bonds is 11. The summed E-state index contributed by atoms with van der Waals surface area (Å²) in [6.45, 7) is 0.900. The Labute approximate surface area is 159 Å². The highest BCUT2D eigenvalue weighted by Crippen LogP contribution is 2.34. The summed E-state index contributed by atoms with van der Waals surface area (Å²) in [7, 11) is 0. The molecule has 1 fully saturated rings. The predicted octanol–water partition coefficient (Wildman–Crippen LogP) is 4.66.